The van der Waals surface area contributed by atoms with Gasteiger partial charge in [0, 0.05) is 30.8 Å². The monoisotopic (exact) mass is 291 g/mol. The first-order chi connectivity index (χ1) is 9.90. The molecule has 0 spiro atoms. The molecule has 0 N–H and O–H groups in total. The lowest BCUT2D eigenvalue weighted by Gasteiger charge is -2.36. The van der Waals surface area contributed by atoms with E-state index in [1.165, 1.54) is 13.0 Å². The van der Waals surface area contributed by atoms with Crippen LogP contribution >= 0.6 is 0 Å². The molecule has 0 saturated carbocycles. The number of nitro benzene ring substituents is 1. The molecule has 2 rings (SSSR count). The number of nitrogens with zero attached hydrogens (tertiary/aromatic N) is 3. The van der Waals surface area contributed by atoms with E-state index in [1.807, 2.05) is 4.90 Å². The van der Waals surface area contributed by atoms with Gasteiger partial charge >= 0.3 is 0 Å². The van der Waals surface area contributed by atoms with Gasteiger partial charge in [-0.05, 0) is 46.0 Å². The molecule has 1 saturated heterocycles. The summed E-state index contributed by atoms with van der Waals surface area (Å²) in [5.74, 6) is -0.157. The van der Waals surface area contributed by atoms with E-state index in [-0.39, 0.29) is 11.5 Å². The van der Waals surface area contributed by atoms with E-state index in [4.69, 9.17) is 0 Å². The second-order valence-corrected chi connectivity index (χ2v) is 5.70. The van der Waals surface area contributed by atoms with Crippen LogP contribution in [0, 0.1) is 10.1 Å². The highest BCUT2D eigenvalue weighted by Crippen LogP contribution is 2.31. The van der Waals surface area contributed by atoms with Gasteiger partial charge < -0.3 is 9.80 Å². The zero-order valence-electron chi connectivity index (χ0n) is 12.7. The van der Waals surface area contributed by atoms with Crippen LogP contribution in [0.4, 0.5) is 11.4 Å². The number of nitro groups is 1. The number of rotatable bonds is 4. The minimum atomic E-state index is -0.403. The van der Waals surface area contributed by atoms with Crippen LogP contribution < -0.4 is 4.90 Å². The Kier molecular flexibility index (Phi) is 4.57. The Bertz CT molecular complexity index is 549. The van der Waals surface area contributed by atoms with Gasteiger partial charge in [-0.3, -0.25) is 14.9 Å². The molecule has 0 radical (unpaired) electrons. The quantitative estimate of drug-likeness (QED) is 0.484. The number of anilines is 1. The van der Waals surface area contributed by atoms with Gasteiger partial charge in [0.15, 0.2) is 5.78 Å². The van der Waals surface area contributed by atoms with Gasteiger partial charge in [-0.2, -0.15) is 0 Å². The first-order valence-electron chi connectivity index (χ1n) is 7.11. The van der Waals surface area contributed by atoms with Crippen molar-refractivity contribution in [2.24, 2.45) is 0 Å². The van der Waals surface area contributed by atoms with Crippen molar-refractivity contribution >= 4 is 17.2 Å². The molecule has 0 bridgehead atoms. The Morgan fingerprint density at radius 2 is 1.95 bits per heavy atom. The fourth-order valence-electron chi connectivity index (χ4n) is 2.78. The van der Waals surface area contributed by atoms with E-state index in [1.54, 1.807) is 12.1 Å². The number of Topliss-reactive ketones (excluding diaryl/α,β-unsaturated/α-hetero) is 1. The predicted molar refractivity (Wildman–Crippen MR) is 82.0 cm³/mol. The molecule has 0 amide bonds. The fourth-order valence-corrected chi connectivity index (χ4v) is 2.78. The lowest BCUT2D eigenvalue weighted by Crippen LogP contribution is -2.42. The van der Waals surface area contributed by atoms with E-state index in [9.17, 15) is 14.9 Å². The van der Waals surface area contributed by atoms with Crippen LogP contribution in [0.5, 0.6) is 0 Å². The van der Waals surface area contributed by atoms with Crippen molar-refractivity contribution in [3.63, 3.8) is 0 Å². The van der Waals surface area contributed by atoms with Crippen molar-refractivity contribution in [1.29, 1.82) is 0 Å². The Morgan fingerprint density at radius 1 is 1.33 bits per heavy atom. The third-order valence-corrected chi connectivity index (χ3v) is 4.11. The first kappa shape index (κ1) is 15.4. The van der Waals surface area contributed by atoms with Gasteiger partial charge in [0.25, 0.3) is 5.69 Å². The largest absolute Gasteiger partial charge is 0.366 e. The van der Waals surface area contributed by atoms with E-state index >= 15 is 0 Å². The van der Waals surface area contributed by atoms with Gasteiger partial charge in [-0.1, -0.05) is 0 Å². The van der Waals surface area contributed by atoms with Crippen molar-refractivity contribution < 1.29 is 9.72 Å². The third kappa shape index (κ3) is 3.39. The molecule has 114 valence electrons. The van der Waals surface area contributed by atoms with Gasteiger partial charge in [0.1, 0.15) is 5.69 Å². The number of hydrogen-bond donors (Lipinski definition) is 0. The average Bonchev–Trinajstić information content (AvgIpc) is 2.46. The lowest BCUT2D eigenvalue weighted by atomic mass is 10.0. The molecule has 1 aliphatic rings. The Balaban J connectivity index is 2.24. The summed E-state index contributed by atoms with van der Waals surface area (Å²) in [6.07, 6.45) is 1.97. The second kappa shape index (κ2) is 6.22. The summed E-state index contributed by atoms with van der Waals surface area (Å²) in [5.41, 5.74) is 1.02. The number of hydrogen-bond acceptors (Lipinski definition) is 5. The summed E-state index contributed by atoms with van der Waals surface area (Å²) >= 11 is 0. The number of piperidine rings is 1. The highest BCUT2D eigenvalue weighted by Gasteiger charge is 2.26. The van der Waals surface area contributed by atoms with Crippen LogP contribution in [-0.2, 0) is 0 Å². The minimum Gasteiger partial charge on any atom is -0.366 e. The second-order valence-electron chi connectivity index (χ2n) is 5.70. The normalized spacial score (nSPS) is 16.3. The maximum absolute atomic E-state index is 11.4. The summed E-state index contributed by atoms with van der Waals surface area (Å²) < 4.78 is 0. The summed E-state index contributed by atoms with van der Waals surface area (Å²) in [5, 5.41) is 11.3. The molecular weight excluding hydrogens is 270 g/mol. The third-order valence-electron chi connectivity index (χ3n) is 4.11. The maximum Gasteiger partial charge on any atom is 0.293 e. The van der Waals surface area contributed by atoms with Crippen molar-refractivity contribution in [2.75, 3.05) is 32.1 Å². The van der Waals surface area contributed by atoms with E-state index in [0.29, 0.717) is 17.3 Å². The van der Waals surface area contributed by atoms with Crippen LogP contribution in [0.15, 0.2) is 18.2 Å². The molecular formula is C15H21N3O3. The number of ketones is 1. The maximum atomic E-state index is 11.4. The zero-order valence-corrected chi connectivity index (χ0v) is 12.7. The molecule has 1 aromatic rings. The summed E-state index contributed by atoms with van der Waals surface area (Å²) in [6, 6.07) is 5.28. The smallest absolute Gasteiger partial charge is 0.293 e. The van der Waals surface area contributed by atoms with Crippen molar-refractivity contribution in [3.8, 4) is 0 Å². The average molecular weight is 291 g/mol. The Labute approximate surface area is 124 Å². The first-order valence-corrected chi connectivity index (χ1v) is 7.11. The predicted octanol–water partition coefficient (Wildman–Crippen LogP) is 2.33. The number of benzene rings is 1. The molecule has 6 nitrogen and oxygen atoms in total. The molecule has 0 aromatic heterocycles. The lowest BCUT2D eigenvalue weighted by molar-refractivity contribution is -0.384. The SMILES string of the molecule is CC(=O)c1ccc(N2CCC(N(C)C)CC2)c([N+](=O)[O-])c1. The molecule has 0 atom stereocenters. The van der Waals surface area contributed by atoms with Crippen molar-refractivity contribution in [2.45, 2.75) is 25.8 Å². The van der Waals surface area contributed by atoms with Gasteiger partial charge in [0.2, 0.25) is 0 Å². The standard InChI is InChI=1S/C15H21N3O3/c1-11(19)12-4-5-14(15(10-12)18(20)21)17-8-6-13(7-9-17)16(2)3/h4-5,10,13H,6-9H2,1-3H3. The van der Waals surface area contributed by atoms with Crippen LogP contribution in [-0.4, -0.2) is 48.8 Å². The Morgan fingerprint density at radius 3 is 2.43 bits per heavy atom. The van der Waals surface area contributed by atoms with Crippen LogP contribution in [0.3, 0.4) is 0 Å². The highest BCUT2D eigenvalue weighted by atomic mass is 16.6. The number of carbonyl (C=O) groups is 1. The molecule has 6 heteroatoms. The topological polar surface area (TPSA) is 66.7 Å². The summed E-state index contributed by atoms with van der Waals surface area (Å²) in [7, 11) is 4.12. The Hall–Kier alpha value is -1.95. The zero-order chi connectivity index (χ0) is 15.6. The van der Waals surface area contributed by atoms with E-state index in [2.05, 4.69) is 19.0 Å². The van der Waals surface area contributed by atoms with Gasteiger partial charge in [-0.15, -0.1) is 0 Å². The molecule has 0 unspecified atom stereocenters. The van der Waals surface area contributed by atoms with E-state index in [0.717, 1.165) is 25.9 Å². The van der Waals surface area contributed by atoms with Crippen LogP contribution in [0.25, 0.3) is 0 Å². The van der Waals surface area contributed by atoms with Crippen molar-refractivity contribution in [1.82, 2.24) is 4.90 Å². The number of carbonyl (C=O) groups excluding carboxylic acids is 1. The molecule has 0 aliphatic carbocycles. The molecule has 1 aliphatic heterocycles. The fraction of sp³-hybridized carbons (Fsp3) is 0.533. The molecule has 1 aromatic carbocycles. The van der Waals surface area contributed by atoms with Gasteiger partial charge in [-0.25, -0.2) is 0 Å². The highest BCUT2D eigenvalue weighted by molar-refractivity contribution is 5.95. The van der Waals surface area contributed by atoms with Crippen LogP contribution in [0.1, 0.15) is 30.1 Å². The van der Waals surface area contributed by atoms with E-state index < -0.39 is 4.92 Å². The molecule has 21 heavy (non-hydrogen) atoms. The molecule has 1 heterocycles. The van der Waals surface area contributed by atoms with Crippen molar-refractivity contribution in [3.05, 3.63) is 33.9 Å². The summed E-state index contributed by atoms with van der Waals surface area (Å²) in [4.78, 5) is 26.5. The van der Waals surface area contributed by atoms with Crippen LogP contribution in [0.2, 0.25) is 0 Å². The van der Waals surface area contributed by atoms with Gasteiger partial charge in [0.05, 0.1) is 4.92 Å². The molecule has 1 fully saturated rings. The summed E-state index contributed by atoms with van der Waals surface area (Å²) in [6.45, 7) is 3.01. The minimum absolute atomic E-state index is 0.0194.